The van der Waals surface area contributed by atoms with Crippen LogP contribution in [0.5, 0.6) is 17.2 Å². The van der Waals surface area contributed by atoms with Crippen LogP contribution in [0.15, 0.2) is 48.5 Å². The fourth-order valence-corrected chi connectivity index (χ4v) is 2.45. The number of benzene rings is 2. The van der Waals surface area contributed by atoms with Crippen molar-refractivity contribution in [1.29, 1.82) is 0 Å². The predicted molar refractivity (Wildman–Crippen MR) is 109 cm³/mol. The Kier molecular flexibility index (Phi) is 8.43. The van der Waals surface area contributed by atoms with E-state index in [9.17, 15) is 4.79 Å². The van der Waals surface area contributed by atoms with Gasteiger partial charge in [0, 0.05) is 6.08 Å². The lowest BCUT2D eigenvalue weighted by Crippen LogP contribution is -2.03. The molecule has 0 N–H and O–H groups in total. The molecule has 0 atom stereocenters. The van der Waals surface area contributed by atoms with Gasteiger partial charge in [-0.25, -0.2) is 4.79 Å². The van der Waals surface area contributed by atoms with Crippen molar-refractivity contribution in [2.24, 2.45) is 0 Å². The van der Waals surface area contributed by atoms with Crippen LogP contribution in [0.3, 0.4) is 0 Å². The molecular formula is C23H28O4. The minimum atomic E-state index is -0.416. The van der Waals surface area contributed by atoms with E-state index in [1.54, 1.807) is 18.2 Å². The van der Waals surface area contributed by atoms with Gasteiger partial charge in [-0.05, 0) is 61.2 Å². The fraction of sp³-hybridized carbons (Fsp3) is 0.348. The largest absolute Gasteiger partial charge is 0.490 e. The number of rotatable bonds is 10. The van der Waals surface area contributed by atoms with Gasteiger partial charge in [0.1, 0.15) is 5.75 Å². The van der Waals surface area contributed by atoms with Gasteiger partial charge >= 0.3 is 5.97 Å². The van der Waals surface area contributed by atoms with Crippen LogP contribution in [-0.4, -0.2) is 19.2 Å². The van der Waals surface area contributed by atoms with E-state index in [0.29, 0.717) is 24.7 Å². The lowest BCUT2D eigenvalue weighted by atomic mass is 10.2. The maximum Gasteiger partial charge on any atom is 0.336 e. The first-order valence-corrected chi connectivity index (χ1v) is 9.54. The number of carbonyl (C=O) groups is 1. The van der Waals surface area contributed by atoms with E-state index in [-0.39, 0.29) is 0 Å². The number of hydrogen-bond acceptors (Lipinski definition) is 4. The molecule has 2 aromatic carbocycles. The van der Waals surface area contributed by atoms with Crippen LogP contribution >= 0.6 is 0 Å². The van der Waals surface area contributed by atoms with E-state index < -0.39 is 5.97 Å². The molecule has 27 heavy (non-hydrogen) atoms. The lowest BCUT2D eigenvalue weighted by molar-refractivity contribution is -0.128. The summed E-state index contributed by atoms with van der Waals surface area (Å²) >= 11 is 0. The Balaban J connectivity index is 2.01. The van der Waals surface area contributed by atoms with Crippen molar-refractivity contribution in [1.82, 2.24) is 0 Å². The van der Waals surface area contributed by atoms with Crippen LogP contribution < -0.4 is 14.2 Å². The van der Waals surface area contributed by atoms with Crippen molar-refractivity contribution in [2.45, 2.75) is 40.0 Å². The van der Waals surface area contributed by atoms with Gasteiger partial charge < -0.3 is 14.2 Å². The van der Waals surface area contributed by atoms with Gasteiger partial charge in [-0.2, -0.15) is 0 Å². The van der Waals surface area contributed by atoms with E-state index in [1.165, 1.54) is 11.6 Å². The van der Waals surface area contributed by atoms with Crippen molar-refractivity contribution < 1.29 is 19.0 Å². The monoisotopic (exact) mass is 368 g/mol. The first-order valence-electron chi connectivity index (χ1n) is 9.54. The molecule has 0 aliphatic heterocycles. The van der Waals surface area contributed by atoms with Crippen LogP contribution in [0.1, 0.15) is 44.7 Å². The van der Waals surface area contributed by atoms with Crippen molar-refractivity contribution in [3.8, 4) is 17.2 Å². The van der Waals surface area contributed by atoms with Gasteiger partial charge in [0.05, 0.1) is 13.2 Å². The minimum absolute atomic E-state index is 0.416. The number of ether oxygens (including phenoxy) is 3. The van der Waals surface area contributed by atoms with Crippen LogP contribution in [0, 0.1) is 0 Å². The zero-order chi connectivity index (χ0) is 19.5. The van der Waals surface area contributed by atoms with Crippen molar-refractivity contribution in [2.75, 3.05) is 13.2 Å². The number of esters is 1. The highest BCUT2D eigenvalue weighted by Gasteiger charge is 2.06. The molecule has 144 valence electrons. The second kappa shape index (κ2) is 11.1. The highest BCUT2D eigenvalue weighted by atomic mass is 16.5. The first kappa shape index (κ1) is 20.6. The second-order valence-corrected chi connectivity index (χ2v) is 6.09. The smallest absolute Gasteiger partial charge is 0.336 e. The Morgan fingerprint density at radius 3 is 2.41 bits per heavy atom. The summed E-state index contributed by atoms with van der Waals surface area (Å²) in [6, 6.07) is 13.2. The predicted octanol–water partition coefficient (Wildman–Crippen LogP) is 5.45. The molecule has 4 heteroatoms. The Hall–Kier alpha value is -2.75. The van der Waals surface area contributed by atoms with E-state index in [0.717, 1.165) is 30.6 Å². The molecule has 0 bridgehead atoms. The zero-order valence-electron chi connectivity index (χ0n) is 16.4. The summed E-state index contributed by atoms with van der Waals surface area (Å²) in [4.78, 5) is 12.0. The van der Waals surface area contributed by atoms with Gasteiger partial charge in [0.15, 0.2) is 11.5 Å². The third-order valence-corrected chi connectivity index (χ3v) is 3.98. The normalized spacial score (nSPS) is 10.8. The molecule has 2 rings (SSSR count). The maximum absolute atomic E-state index is 12.0. The molecule has 0 aliphatic carbocycles. The minimum Gasteiger partial charge on any atom is -0.490 e. The van der Waals surface area contributed by atoms with Gasteiger partial charge in [0.25, 0.3) is 0 Å². The lowest BCUT2D eigenvalue weighted by Gasteiger charge is -2.12. The standard InChI is InChI=1S/C23H28O4/c1-4-7-16-26-21-14-10-19(17-22(21)25-6-3)11-15-23(24)27-20-12-8-18(5-2)9-13-20/h8-15,17H,4-7,16H2,1-3H3/b15-11+. The van der Waals surface area contributed by atoms with Gasteiger partial charge in [-0.1, -0.05) is 38.5 Å². The topological polar surface area (TPSA) is 44.8 Å². The third kappa shape index (κ3) is 6.81. The van der Waals surface area contributed by atoms with Crippen LogP contribution in [0.4, 0.5) is 0 Å². The number of unbranched alkanes of at least 4 members (excludes halogenated alkanes) is 1. The molecule has 0 aliphatic rings. The Bertz CT molecular complexity index is 747. The third-order valence-electron chi connectivity index (χ3n) is 3.98. The highest BCUT2D eigenvalue weighted by Crippen LogP contribution is 2.29. The molecule has 2 aromatic rings. The van der Waals surface area contributed by atoms with Crippen molar-refractivity contribution in [3.63, 3.8) is 0 Å². The molecule has 0 aromatic heterocycles. The molecule has 0 saturated carbocycles. The average molecular weight is 368 g/mol. The molecule has 4 nitrogen and oxygen atoms in total. The summed E-state index contributed by atoms with van der Waals surface area (Å²) in [7, 11) is 0. The summed E-state index contributed by atoms with van der Waals surface area (Å²) < 4.78 is 16.7. The summed E-state index contributed by atoms with van der Waals surface area (Å²) in [5.74, 6) is 1.53. The maximum atomic E-state index is 12.0. The Labute approximate surface area is 161 Å². The van der Waals surface area contributed by atoms with E-state index in [1.807, 2.05) is 37.3 Å². The van der Waals surface area contributed by atoms with E-state index >= 15 is 0 Å². The van der Waals surface area contributed by atoms with Gasteiger partial charge in [-0.3, -0.25) is 0 Å². The van der Waals surface area contributed by atoms with Crippen LogP contribution in [-0.2, 0) is 11.2 Å². The number of aryl methyl sites for hydroxylation is 1. The summed E-state index contributed by atoms with van der Waals surface area (Å²) in [6.45, 7) is 7.35. The molecule has 0 amide bonds. The fourth-order valence-electron chi connectivity index (χ4n) is 2.45. The first-order chi connectivity index (χ1) is 13.2. The molecule has 0 radical (unpaired) electrons. The van der Waals surface area contributed by atoms with Gasteiger partial charge in [0.2, 0.25) is 0 Å². The Morgan fingerprint density at radius 2 is 1.74 bits per heavy atom. The van der Waals surface area contributed by atoms with Gasteiger partial charge in [-0.15, -0.1) is 0 Å². The molecule has 0 fully saturated rings. The van der Waals surface area contributed by atoms with E-state index in [4.69, 9.17) is 14.2 Å². The quantitative estimate of drug-likeness (QED) is 0.242. The van der Waals surface area contributed by atoms with Crippen molar-refractivity contribution >= 4 is 12.0 Å². The van der Waals surface area contributed by atoms with Crippen LogP contribution in [0.25, 0.3) is 6.08 Å². The Morgan fingerprint density at radius 1 is 0.963 bits per heavy atom. The molecule has 0 heterocycles. The zero-order valence-corrected chi connectivity index (χ0v) is 16.4. The summed E-state index contributed by atoms with van der Waals surface area (Å²) in [6.07, 6.45) is 6.15. The summed E-state index contributed by atoms with van der Waals surface area (Å²) in [5.41, 5.74) is 2.05. The average Bonchev–Trinajstić information content (AvgIpc) is 2.69. The molecular weight excluding hydrogens is 340 g/mol. The number of hydrogen-bond donors (Lipinski definition) is 0. The number of carbonyl (C=O) groups excluding carboxylic acids is 1. The molecule has 0 unspecified atom stereocenters. The summed E-state index contributed by atoms with van der Waals surface area (Å²) in [5, 5.41) is 0. The van der Waals surface area contributed by atoms with Crippen molar-refractivity contribution in [3.05, 3.63) is 59.7 Å². The second-order valence-electron chi connectivity index (χ2n) is 6.09. The molecule has 0 saturated heterocycles. The highest BCUT2D eigenvalue weighted by molar-refractivity contribution is 5.88. The SMILES string of the molecule is CCCCOc1ccc(/C=C/C(=O)Oc2ccc(CC)cc2)cc1OCC. The van der Waals surface area contributed by atoms with Crippen LogP contribution in [0.2, 0.25) is 0 Å². The van der Waals surface area contributed by atoms with E-state index in [2.05, 4.69) is 13.8 Å². The molecule has 0 spiro atoms.